The molecule has 0 rings (SSSR count). The van der Waals surface area contributed by atoms with E-state index in [4.69, 9.17) is 31.8 Å². The van der Waals surface area contributed by atoms with Crippen LogP contribution in [0.1, 0.15) is 26.2 Å². The highest BCUT2D eigenvalue weighted by atomic mass is 16.6. The van der Waals surface area contributed by atoms with Gasteiger partial charge in [0.25, 0.3) is 0 Å². The molecule has 3 unspecified atom stereocenters. The second-order valence-electron chi connectivity index (χ2n) is 6.89. The van der Waals surface area contributed by atoms with Gasteiger partial charge in [0.2, 0.25) is 17.7 Å². The molecule has 0 radical (unpaired) electrons. The van der Waals surface area contributed by atoms with Crippen LogP contribution in [0.2, 0.25) is 0 Å². The fourth-order valence-corrected chi connectivity index (χ4v) is 2.30. The lowest BCUT2D eigenvalue weighted by atomic mass is 10.1. The number of amides is 3. The second kappa shape index (κ2) is 16.2. The maximum absolute atomic E-state index is 12.3. The molecule has 0 aliphatic carbocycles. The highest BCUT2D eigenvalue weighted by Gasteiger charge is 2.26. The number of hydrogen-bond acceptors (Lipinski definition) is 9. The smallest absolute Gasteiger partial charge is 0.328 e. The van der Waals surface area contributed by atoms with Crippen molar-refractivity contribution in [1.82, 2.24) is 16.0 Å². The Morgan fingerprint density at radius 1 is 1.03 bits per heavy atom. The van der Waals surface area contributed by atoms with Crippen LogP contribution in [-0.2, 0) is 33.4 Å². The molecule has 3 atom stereocenters. The van der Waals surface area contributed by atoms with Crippen LogP contribution >= 0.6 is 0 Å². The van der Waals surface area contributed by atoms with E-state index >= 15 is 0 Å². The van der Waals surface area contributed by atoms with E-state index < -0.39 is 60.8 Å². The molecule has 0 aromatic rings. The van der Waals surface area contributed by atoms with Gasteiger partial charge >= 0.3 is 11.9 Å². The normalized spacial score (nSPS) is 13.1. The number of methoxy groups -OCH3 is 1. The van der Waals surface area contributed by atoms with Gasteiger partial charge in [-0.2, -0.15) is 0 Å². The largest absolute Gasteiger partial charge is 0.481 e. The Kier molecular flexibility index (Phi) is 14.5. The number of nitrogens with one attached hydrogen (secondary N) is 3. The Hall–Kier alpha value is -3.46. The van der Waals surface area contributed by atoms with Gasteiger partial charge in [0.15, 0.2) is 5.96 Å². The van der Waals surface area contributed by atoms with Crippen molar-refractivity contribution in [3.63, 3.8) is 0 Å². The molecule has 33 heavy (non-hydrogen) atoms. The fourth-order valence-electron chi connectivity index (χ4n) is 2.30. The maximum Gasteiger partial charge on any atom is 0.328 e. The lowest BCUT2D eigenvalue weighted by Crippen LogP contribution is -2.53. The van der Waals surface area contributed by atoms with Gasteiger partial charge in [-0.15, -0.1) is 0 Å². The van der Waals surface area contributed by atoms with Crippen LogP contribution in [0.3, 0.4) is 0 Å². The zero-order chi connectivity index (χ0) is 25.4. The minimum absolute atomic E-state index is 0.0253. The highest BCUT2D eigenvalue weighted by Crippen LogP contribution is 2.02. The van der Waals surface area contributed by atoms with E-state index in [0.717, 1.165) is 0 Å². The number of nitrogens with two attached hydrogens (primary N) is 3. The van der Waals surface area contributed by atoms with Gasteiger partial charge in [0.05, 0.1) is 25.6 Å². The zero-order valence-corrected chi connectivity index (χ0v) is 18.7. The average molecular weight is 476 g/mol. The van der Waals surface area contributed by atoms with E-state index in [1.165, 1.54) is 14.0 Å². The average Bonchev–Trinajstić information content (AvgIpc) is 2.73. The van der Waals surface area contributed by atoms with Crippen LogP contribution in [0.15, 0.2) is 4.99 Å². The van der Waals surface area contributed by atoms with Crippen molar-refractivity contribution in [3.8, 4) is 0 Å². The number of ether oxygens (including phenoxy) is 2. The van der Waals surface area contributed by atoms with Gasteiger partial charge in [0.1, 0.15) is 18.7 Å². The fraction of sp³-hybridized carbons (Fsp3) is 0.667. The topological polar surface area (TPSA) is 251 Å². The Labute approximate surface area is 190 Å². The first-order valence-electron chi connectivity index (χ1n) is 10.0. The number of rotatable bonds is 16. The molecule has 0 aromatic heterocycles. The number of esters is 1. The van der Waals surface area contributed by atoms with Crippen LogP contribution in [0.5, 0.6) is 0 Å². The summed E-state index contributed by atoms with van der Waals surface area (Å²) in [6.45, 7) is 1.13. The van der Waals surface area contributed by atoms with Gasteiger partial charge in [-0.1, -0.05) is 0 Å². The molecule has 15 nitrogen and oxygen atoms in total. The van der Waals surface area contributed by atoms with Gasteiger partial charge < -0.3 is 47.7 Å². The van der Waals surface area contributed by atoms with Gasteiger partial charge in [-0.3, -0.25) is 24.2 Å². The van der Waals surface area contributed by atoms with Gasteiger partial charge in [-0.05, 0) is 19.8 Å². The number of carbonyl (C=O) groups is 5. The van der Waals surface area contributed by atoms with Crippen molar-refractivity contribution >= 4 is 35.6 Å². The minimum Gasteiger partial charge on any atom is -0.481 e. The quantitative estimate of drug-likeness (QED) is 0.0492. The first kappa shape index (κ1) is 29.5. The standard InChI is InChI=1S/C18H33N7O8/c1-10(19)15(29)25-12(8-14(27)28)16(30)23-9-13(26)24-11(4-3-5-22-18(20)21)17(31)33-7-6-32-2/h10-12H,3-9,19H2,1-2H3,(H,23,30)(H,24,26)(H,25,29)(H,27,28)(H4,20,21,22). The molecule has 10 N–H and O–H groups in total. The Morgan fingerprint density at radius 3 is 2.24 bits per heavy atom. The molecule has 0 saturated carbocycles. The molecule has 0 aliphatic heterocycles. The molecule has 0 aromatic carbocycles. The Balaban J connectivity index is 4.94. The van der Waals surface area contributed by atoms with Gasteiger partial charge in [0, 0.05) is 13.7 Å². The third-order valence-electron chi connectivity index (χ3n) is 3.95. The molecule has 188 valence electrons. The molecule has 3 amide bonds. The third kappa shape index (κ3) is 14.3. The summed E-state index contributed by atoms with van der Waals surface area (Å²) in [5, 5.41) is 15.8. The number of carboxylic acid groups (broad SMARTS) is 1. The van der Waals surface area contributed by atoms with Crippen molar-refractivity contribution < 1.29 is 38.6 Å². The molecule has 0 saturated heterocycles. The van der Waals surface area contributed by atoms with Crippen molar-refractivity contribution in [1.29, 1.82) is 0 Å². The Morgan fingerprint density at radius 2 is 1.70 bits per heavy atom. The third-order valence-corrected chi connectivity index (χ3v) is 3.95. The summed E-state index contributed by atoms with van der Waals surface area (Å²) in [6, 6.07) is -3.46. The SMILES string of the molecule is COCCOC(=O)C(CCCN=C(N)N)NC(=O)CNC(=O)C(CC(=O)O)NC(=O)C(C)N. The van der Waals surface area contributed by atoms with E-state index in [0.29, 0.717) is 6.42 Å². The van der Waals surface area contributed by atoms with Crippen molar-refractivity contribution in [2.24, 2.45) is 22.2 Å². The molecule has 0 heterocycles. The number of aliphatic carboxylic acids is 1. The number of aliphatic imine (C=N–C) groups is 1. The predicted molar refractivity (Wildman–Crippen MR) is 116 cm³/mol. The number of carbonyl (C=O) groups excluding carboxylic acids is 4. The first-order chi connectivity index (χ1) is 15.5. The molecule has 0 bridgehead atoms. The Bertz CT molecular complexity index is 710. The van der Waals surface area contributed by atoms with E-state index in [-0.39, 0.29) is 32.1 Å². The summed E-state index contributed by atoms with van der Waals surface area (Å²) in [5.41, 5.74) is 15.9. The number of guanidine groups is 1. The van der Waals surface area contributed by atoms with Crippen molar-refractivity contribution in [2.75, 3.05) is 33.4 Å². The van der Waals surface area contributed by atoms with Crippen LogP contribution in [0, 0.1) is 0 Å². The highest BCUT2D eigenvalue weighted by molar-refractivity contribution is 5.94. The van der Waals surface area contributed by atoms with E-state index in [9.17, 15) is 24.0 Å². The summed E-state index contributed by atoms with van der Waals surface area (Å²) >= 11 is 0. The minimum atomic E-state index is -1.44. The molecular weight excluding hydrogens is 442 g/mol. The van der Waals surface area contributed by atoms with Gasteiger partial charge in [-0.25, -0.2) is 4.79 Å². The molecule has 15 heteroatoms. The lowest BCUT2D eigenvalue weighted by molar-refractivity contribution is -0.149. The van der Waals surface area contributed by atoms with E-state index in [2.05, 4.69) is 20.9 Å². The number of nitrogens with zero attached hydrogens (tertiary/aromatic N) is 1. The van der Waals surface area contributed by atoms with Crippen molar-refractivity contribution in [2.45, 2.75) is 44.3 Å². The number of carboxylic acids is 1. The maximum atomic E-state index is 12.3. The molecular formula is C18H33N7O8. The summed E-state index contributed by atoms with van der Waals surface area (Å²) in [4.78, 5) is 63.2. The van der Waals surface area contributed by atoms with E-state index in [1.807, 2.05) is 0 Å². The monoisotopic (exact) mass is 475 g/mol. The second-order valence-corrected chi connectivity index (χ2v) is 6.89. The summed E-state index contributed by atoms with van der Waals surface area (Å²) in [5.74, 6) is -4.57. The predicted octanol–water partition coefficient (Wildman–Crippen LogP) is -3.86. The zero-order valence-electron chi connectivity index (χ0n) is 18.7. The first-order valence-corrected chi connectivity index (χ1v) is 10.0. The summed E-state index contributed by atoms with van der Waals surface area (Å²) < 4.78 is 9.82. The summed E-state index contributed by atoms with van der Waals surface area (Å²) in [6.07, 6.45) is -0.224. The summed E-state index contributed by atoms with van der Waals surface area (Å²) in [7, 11) is 1.43. The van der Waals surface area contributed by atoms with Crippen LogP contribution in [0.25, 0.3) is 0 Å². The van der Waals surface area contributed by atoms with Crippen molar-refractivity contribution in [3.05, 3.63) is 0 Å². The van der Waals surface area contributed by atoms with Crippen LogP contribution < -0.4 is 33.2 Å². The van der Waals surface area contributed by atoms with E-state index in [1.54, 1.807) is 0 Å². The molecule has 0 spiro atoms. The molecule has 0 aliphatic rings. The van der Waals surface area contributed by atoms with Crippen LogP contribution in [0.4, 0.5) is 0 Å². The lowest BCUT2D eigenvalue weighted by Gasteiger charge is -2.19. The van der Waals surface area contributed by atoms with Crippen LogP contribution in [-0.4, -0.2) is 92.3 Å². The molecule has 0 fully saturated rings. The number of hydrogen-bond donors (Lipinski definition) is 7.